The van der Waals surface area contributed by atoms with Crippen molar-refractivity contribution in [1.82, 2.24) is 9.55 Å². The number of nitrogens with one attached hydrogen (secondary N) is 1. The van der Waals surface area contributed by atoms with E-state index >= 15 is 0 Å². The Morgan fingerprint density at radius 1 is 1.06 bits per heavy atom. The molecule has 190 valence electrons. The second kappa shape index (κ2) is 8.65. The molecule has 0 bridgehead atoms. The van der Waals surface area contributed by atoms with Crippen molar-refractivity contribution in [3.05, 3.63) is 48.0 Å². The molecule has 1 amide bonds. The zero-order valence-electron chi connectivity index (χ0n) is 20.0. The van der Waals surface area contributed by atoms with E-state index in [1.165, 1.54) is 43.5 Å². The zero-order valence-corrected chi connectivity index (χ0v) is 20.0. The van der Waals surface area contributed by atoms with Crippen LogP contribution in [0.15, 0.2) is 42.5 Å². The number of pyridine rings is 1. The Balaban J connectivity index is 1.85. The van der Waals surface area contributed by atoms with Gasteiger partial charge in [-0.1, -0.05) is 18.2 Å². The molecule has 0 radical (unpaired) electrons. The van der Waals surface area contributed by atoms with E-state index in [1.54, 1.807) is 20.8 Å². The number of benzene rings is 1. The number of esters is 1. The number of fused-ring (bicyclic) bond motifs is 1. The third kappa shape index (κ3) is 4.65. The van der Waals surface area contributed by atoms with E-state index in [2.05, 4.69) is 10.3 Å². The number of anilines is 1. The smallest absolute Gasteiger partial charge is 0.420 e. The normalized spacial score (nSPS) is 14.9. The van der Waals surface area contributed by atoms with Crippen LogP contribution in [0.2, 0.25) is 0 Å². The van der Waals surface area contributed by atoms with Crippen molar-refractivity contribution in [2.45, 2.75) is 45.4 Å². The predicted octanol–water partition coefficient (Wildman–Crippen LogP) is 5.40. The zero-order chi connectivity index (χ0) is 26.5. The van der Waals surface area contributed by atoms with Gasteiger partial charge in [0.25, 0.3) is 0 Å². The van der Waals surface area contributed by atoms with Crippen molar-refractivity contribution in [3.63, 3.8) is 0 Å². The van der Waals surface area contributed by atoms with Gasteiger partial charge in [-0.3, -0.25) is 9.59 Å². The van der Waals surface area contributed by atoms with Crippen LogP contribution in [0.25, 0.3) is 22.3 Å². The minimum Gasteiger partial charge on any atom is -0.468 e. The molecule has 1 aliphatic carbocycles. The summed E-state index contributed by atoms with van der Waals surface area (Å²) in [4.78, 5) is 42.3. The summed E-state index contributed by atoms with van der Waals surface area (Å²) in [5, 5.41) is 2.90. The van der Waals surface area contributed by atoms with E-state index in [-0.39, 0.29) is 22.7 Å². The van der Waals surface area contributed by atoms with E-state index in [1.807, 2.05) is 0 Å². The number of methoxy groups -OCH3 is 1. The van der Waals surface area contributed by atoms with Gasteiger partial charge in [-0.05, 0) is 57.9 Å². The van der Waals surface area contributed by atoms with Crippen molar-refractivity contribution < 1.29 is 37.0 Å². The van der Waals surface area contributed by atoms with Gasteiger partial charge in [-0.25, -0.2) is 14.3 Å². The van der Waals surface area contributed by atoms with E-state index in [0.29, 0.717) is 18.2 Å². The van der Waals surface area contributed by atoms with E-state index < -0.39 is 40.7 Å². The Kier molecular flexibility index (Phi) is 6.06. The number of carbonyl (C=O) groups is 3. The lowest BCUT2D eigenvalue weighted by Crippen LogP contribution is -2.32. The standard InChI is InChI=1S/C25H24F3N3O5/c1-23(2,3)36-22(34)31-17(15-7-5-6-8-16(15)25(26,27)28)13-14-9-10-18(29-19(14)31)30-20(32)24(11-12-24)21(33)35-4/h5-10,13H,11-12H2,1-4H3,(H,29,30,32). The molecule has 36 heavy (non-hydrogen) atoms. The first kappa shape index (κ1) is 25.2. The molecule has 11 heteroatoms. The largest absolute Gasteiger partial charge is 0.468 e. The molecular weight excluding hydrogens is 479 g/mol. The van der Waals surface area contributed by atoms with E-state index in [9.17, 15) is 27.6 Å². The Hall–Kier alpha value is -3.89. The fourth-order valence-corrected chi connectivity index (χ4v) is 3.87. The fourth-order valence-electron chi connectivity index (χ4n) is 3.87. The summed E-state index contributed by atoms with van der Waals surface area (Å²) < 4.78 is 52.5. The van der Waals surface area contributed by atoms with Crippen molar-refractivity contribution in [3.8, 4) is 11.3 Å². The molecule has 1 fully saturated rings. The van der Waals surface area contributed by atoms with Gasteiger partial charge in [-0.15, -0.1) is 0 Å². The third-order valence-electron chi connectivity index (χ3n) is 5.74. The van der Waals surface area contributed by atoms with Crippen molar-refractivity contribution >= 4 is 34.8 Å². The third-order valence-corrected chi connectivity index (χ3v) is 5.74. The summed E-state index contributed by atoms with van der Waals surface area (Å²) in [6.45, 7) is 4.88. The Bertz CT molecular complexity index is 1370. The molecule has 2 aromatic heterocycles. The van der Waals surface area contributed by atoms with E-state index in [0.717, 1.165) is 10.6 Å². The first-order chi connectivity index (χ1) is 16.8. The van der Waals surface area contributed by atoms with Crippen LogP contribution in [0.5, 0.6) is 0 Å². The summed E-state index contributed by atoms with van der Waals surface area (Å²) in [5.41, 5.74) is -3.50. The van der Waals surface area contributed by atoms with Gasteiger partial charge in [-0.2, -0.15) is 13.2 Å². The van der Waals surface area contributed by atoms with Gasteiger partial charge >= 0.3 is 18.2 Å². The second-order valence-electron chi connectivity index (χ2n) is 9.53. The molecule has 1 aromatic carbocycles. The maximum atomic E-state index is 13.8. The number of rotatable bonds is 4. The van der Waals surface area contributed by atoms with Gasteiger partial charge in [0.1, 0.15) is 16.8 Å². The average Bonchev–Trinajstić information content (AvgIpc) is 3.52. The van der Waals surface area contributed by atoms with Crippen molar-refractivity contribution in [2.75, 3.05) is 12.4 Å². The summed E-state index contributed by atoms with van der Waals surface area (Å²) in [7, 11) is 1.19. The summed E-state index contributed by atoms with van der Waals surface area (Å²) in [6.07, 6.45) is -4.97. The fraction of sp³-hybridized carbons (Fsp3) is 0.360. The first-order valence-corrected chi connectivity index (χ1v) is 11.1. The molecule has 0 spiro atoms. The Labute approximate surface area is 204 Å². The highest BCUT2D eigenvalue weighted by Gasteiger charge is 2.58. The van der Waals surface area contributed by atoms with Crippen LogP contribution in [-0.4, -0.2) is 40.2 Å². The van der Waals surface area contributed by atoms with Crippen LogP contribution in [0.1, 0.15) is 39.2 Å². The average molecular weight is 503 g/mol. The van der Waals surface area contributed by atoms with Gasteiger partial charge in [0.15, 0.2) is 5.65 Å². The summed E-state index contributed by atoms with van der Waals surface area (Å²) in [6, 6.07) is 9.22. The lowest BCUT2D eigenvalue weighted by molar-refractivity contribution is -0.150. The molecule has 3 aromatic rings. The highest BCUT2D eigenvalue weighted by atomic mass is 19.4. The first-order valence-electron chi connectivity index (χ1n) is 11.1. The molecule has 0 saturated heterocycles. The number of halogens is 3. The van der Waals surface area contributed by atoms with Crippen molar-refractivity contribution in [1.29, 1.82) is 0 Å². The topological polar surface area (TPSA) is 99.5 Å². The maximum absolute atomic E-state index is 13.8. The Morgan fingerprint density at radius 2 is 1.72 bits per heavy atom. The number of hydrogen-bond acceptors (Lipinski definition) is 6. The molecule has 8 nitrogen and oxygen atoms in total. The number of nitrogens with zero attached hydrogens (tertiary/aromatic N) is 2. The van der Waals surface area contributed by atoms with Gasteiger partial charge < -0.3 is 14.8 Å². The monoisotopic (exact) mass is 503 g/mol. The molecule has 2 heterocycles. The van der Waals surface area contributed by atoms with E-state index in [4.69, 9.17) is 9.47 Å². The minimum atomic E-state index is -4.68. The summed E-state index contributed by atoms with van der Waals surface area (Å²) >= 11 is 0. The van der Waals surface area contributed by atoms with Gasteiger partial charge in [0.05, 0.1) is 18.4 Å². The molecule has 0 unspecified atom stereocenters. The number of alkyl halides is 3. The molecular formula is C25H24F3N3O5. The van der Waals surface area contributed by atoms with Gasteiger partial charge in [0, 0.05) is 10.9 Å². The lowest BCUT2D eigenvalue weighted by Gasteiger charge is -2.21. The highest BCUT2D eigenvalue weighted by molar-refractivity contribution is 6.11. The number of ether oxygens (including phenoxy) is 2. The van der Waals surface area contributed by atoms with Crippen LogP contribution in [0.3, 0.4) is 0 Å². The number of aromatic nitrogens is 2. The quantitative estimate of drug-likeness (QED) is 0.378. The minimum absolute atomic E-state index is 0.0150. The van der Waals surface area contributed by atoms with Crippen LogP contribution in [0, 0.1) is 5.41 Å². The molecule has 0 aliphatic heterocycles. The molecule has 1 N–H and O–H groups in total. The SMILES string of the molecule is COC(=O)C1(C(=O)Nc2ccc3cc(-c4ccccc4C(F)(F)F)n(C(=O)OC(C)(C)C)c3n2)CC1. The lowest BCUT2D eigenvalue weighted by atomic mass is 10.0. The molecule has 0 atom stereocenters. The van der Waals surface area contributed by atoms with Crippen LogP contribution in [0.4, 0.5) is 23.8 Å². The number of amides is 1. The number of hydrogen-bond donors (Lipinski definition) is 1. The van der Waals surface area contributed by atoms with Crippen LogP contribution in [-0.2, 0) is 25.2 Å². The summed E-state index contributed by atoms with van der Waals surface area (Å²) in [5.74, 6) is -1.26. The van der Waals surface area contributed by atoms with Gasteiger partial charge in [0.2, 0.25) is 5.91 Å². The predicted molar refractivity (Wildman–Crippen MR) is 124 cm³/mol. The second-order valence-corrected chi connectivity index (χ2v) is 9.53. The van der Waals surface area contributed by atoms with Crippen molar-refractivity contribution in [2.24, 2.45) is 5.41 Å². The maximum Gasteiger partial charge on any atom is 0.420 e. The molecule has 1 aliphatic rings. The Morgan fingerprint density at radius 3 is 2.31 bits per heavy atom. The van der Waals surface area contributed by atoms with Crippen LogP contribution >= 0.6 is 0 Å². The molecule has 1 saturated carbocycles. The molecule has 4 rings (SSSR count). The highest BCUT2D eigenvalue weighted by Crippen LogP contribution is 2.47. The van der Waals surface area contributed by atoms with Crippen LogP contribution < -0.4 is 5.32 Å². The number of carbonyl (C=O) groups excluding carboxylic acids is 3.